The van der Waals surface area contributed by atoms with E-state index in [1.807, 2.05) is 66.7 Å². The summed E-state index contributed by atoms with van der Waals surface area (Å²) in [5.41, 5.74) is 3.19. The largest absolute Gasteiger partial charge is 0.341 e. The predicted molar refractivity (Wildman–Crippen MR) is 120 cm³/mol. The minimum absolute atomic E-state index is 0.213. The van der Waals surface area contributed by atoms with Crippen molar-refractivity contribution < 1.29 is 9.59 Å². The molecule has 2 atom stereocenters. The van der Waals surface area contributed by atoms with Gasteiger partial charge in [0.2, 0.25) is 0 Å². The van der Waals surface area contributed by atoms with Crippen molar-refractivity contribution in [2.45, 2.75) is 12.1 Å². The Morgan fingerprint density at radius 2 is 1.90 bits per heavy atom. The highest BCUT2D eigenvalue weighted by Crippen LogP contribution is 2.29. The van der Waals surface area contributed by atoms with Gasteiger partial charge in [0.05, 0.1) is 11.9 Å². The molecule has 2 heterocycles. The van der Waals surface area contributed by atoms with Crippen LogP contribution in [-0.4, -0.2) is 48.2 Å². The Balaban J connectivity index is 1.59. The molecule has 0 bridgehead atoms. The number of hydrogen-bond donors (Lipinski definition) is 3. The number of nitrogens with one attached hydrogen (secondary N) is 3. The molecule has 1 unspecified atom stereocenters. The molecule has 154 valence electrons. The van der Waals surface area contributed by atoms with Gasteiger partial charge in [-0.25, -0.2) is 9.78 Å². The SMILES string of the molecule is [B]c1ccc(-c2cnc([C@@H]3C=CCN3C(=O)C(NC(=O)NC)c3ccccc3)[nH]2)cc1. The van der Waals surface area contributed by atoms with Crippen molar-refractivity contribution in [3.8, 4) is 11.3 Å². The summed E-state index contributed by atoms with van der Waals surface area (Å²) in [6, 6.07) is 15.1. The zero-order chi connectivity index (χ0) is 21.8. The van der Waals surface area contributed by atoms with Crippen LogP contribution in [0.25, 0.3) is 11.3 Å². The van der Waals surface area contributed by atoms with Gasteiger partial charge in [-0.1, -0.05) is 72.2 Å². The van der Waals surface area contributed by atoms with Crippen molar-refractivity contribution in [1.29, 1.82) is 0 Å². The minimum atomic E-state index is -0.810. The van der Waals surface area contributed by atoms with E-state index in [0.29, 0.717) is 23.4 Å². The number of aromatic nitrogens is 2. The Morgan fingerprint density at radius 3 is 2.61 bits per heavy atom. The van der Waals surface area contributed by atoms with E-state index in [0.717, 1.165) is 11.3 Å². The van der Waals surface area contributed by atoms with E-state index in [1.165, 1.54) is 7.05 Å². The van der Waals surface area contributed by atoms with Crippen molar-refractivity contribution in [3.05, 3.63) is 84.3 Å². The first-order valence-corrected chi connectivity index (χ1v) is 9.98. The van der Waals surface area contributed by atoms with E-state index in [4.69, 9.17) is 7.85 Å². The number of amides is 3. The number of carbonyl (C=O) groups excluding carboxylic acids is 2. The van der Waals surface area contributed by atoms with Crippen LogP contribution in [0.15, 0.2) is 72.9 Å². The summed E-state index contributed by atoms with van der Waals surface area (Å²) in [6.45, 7) is 0.431. The molecule has 4 rings (SSSR count). The van der Waals surface area contributed by atoms with Crippen molar-refractivity contribution >= 4 is 25.2 Å². The monoisotopic (exact) mass is 411 g/mol. The van der Waals surface area contributed by atoms with E-state index in [1.54, 1.807) is 11.1 Å². The molecule has 3 N–H and O–H groups in total. The van der Waals surface area contributed by atoms with Crippen LogP contribution in [0, 0.1) is 0 Å². The zero-order valence-corrected chi connectivity index (χ0v) is 17.1. The quantitative estimate of drug-likeness (QED) is 0.443. The summed E-state index contributed by atoms with van der Waals surface area (Å²) in [4.78, 5) is 35.0. The maximum atomic E-state index is 13.5. The van der Waals surface area contributed by atoms with Crippen LogP contribution < -0.4 is 16.1 Å². The lowest BCUT2D eigenvalue weighted by atomic mass is 9.95. The van der Waals surface area contributed by atoms with E-state index < -0.39 is 12.1 Å². The summed E-state index contributed by atoms with van der Waals surface area (Å²) in [5, 5.41) is 5.27. The van der Waals surface area contributed by atoms with Crippen molar-refractivity contribution in [2.24, 2.45) is 0 Å². The number of aromatic amines is 1. The summed E-state index contributed by atoms with van der Waals surface area (Å²) < 4.78 is 0. The molecule has 0 aliphatic carbocycles. The molecule has 1 aliphatic heterocycles. The Bertz CT molecular complexity index is 1090. The van der Waals surface area contributed by atoms with Gasteiger partial charge in [-0.2, -0.15) is 0 Å². The smallest absolute Gasteiger partial charge is 0.315 e. The maximum absolute atomic E-state index is 13.5. The first kappa shape index (κ1) is 20.5. The third-order valence-electron chi connectivity index (χ3n) is 5.22. The standard InChI is InChI=1S/C23H22BN5O2/c1-25-23(31)28-20(16-6-3-2-4-7-16)22(30)29-13-5-8-19(29)21-26-14-18(27-21)15-9-11-17(24)12-10-15/h2-12,14,19-20H,13H2,1H3,(H,26,27)(H2,25,28,31)/t19-,20?/m0/s1. The molecule has 0 spiro atoms. The number of nitrogens with zero attached hydrogens (tertiary/aromatic N) is 2. The topological polar surface area (TPSA) is 90.1 Å². The third kappa shape index (κ3) is 4.38. The molecule has 3 aromatic rings. The van der Waals surface area contributed by atoms with Crippen molar-refractivity contribution in [2.75, 3.05) is 13.6 Å². The molecule has 31 heavy (non-hydrogen) atoms. The number of carbonyl (C=O) groups is 2. The molecule has 2 radical (unpaired) electrons. The first-order valence-electron chi connectivity index (χ1n) is 9.98. The van der Waals surface area contributed by atoms with Crippen LogP contribution in [0.4, 0.5) is 4.79 Å². The van der Waals surface area contributed by atoms with Crippen LogP contribution in [0.2, 0.25) is 0 Å². The second kappa shape index (κ2) is 8.91. The molecule has 2 aromatic carbocycles. The number of rotatable bonds is 5. The second-order valence-corrected chi connectivity index (χ2v) is 7.23. The second-order valence-electron chi connectivity index (χ2n) is 7.23. The van der Waals surface area contributed by atoms with Crippen LogP contribution in [0.3, 0.4) is 0 Å². The number of H-pyrrole nitrogens is 1. The maximum Gasteiger partial charge on any atom is 0.315 e. The Morgan fingerprint density at radius 1 is 1.16 bits per heavy atom. The molecule has 1 aromatic heterocycles. The lowest BCUT2D eigenvalue weighted by molar-refractivity contribution is -0.134. The molecule has 8 heteroatoms. The van der Waals surface area contributed by atoms with Crippen molar-refractivity contribution in [1.82, 2.24) is 25.5 Å². The van der Waals surface area contributed by atoms with Gasteiger partial charge in [0.15, 0.2) is 0 Å². The van der Waals surface area contributed by atoms with E-state index in [2.05, 4.69) is 20.6 Å². The molecule has 0 saturated heterocycles. The molecular formula is C23H22BN5O2. The van der Waals surface area contributed by atoms with Gasteiger partial charge >= 0.3 is 6.03 Å². The number of urea groups is 1. The normalized spacial score (nSPS) is 16.2. The van der Waals surface area contributed by atoms with E-state index in [-0.39, 0.29) is 11.9 Å². The van der Waals surface area contributed by atoms with E-state index >= 15 is 0 Å². The van der Waals surface area contributed by atoms with Crippen LogP contribution in [0.5, 0.6) is 0 Å². The van der Waals surface area contributed by atoms with Gasteiger partial charge in [-0.3, -0.25) is 4.79 Å². The molecule has 1 aliphatic rings. The highest BCUT2D eigenvalue weighted by Gasteiger charge is 2.34. The molecule has 0 fully saturated rings. The van der Waals surface area contributed by atoms with Gasteiger partial charge in [-0.15, -0.1) is 0 Å². The zero-order valence-electron chi connectivity index (χ0n) is 17.1. The van der Waals surface area contributed by atoms with Gasteiger partial charge in [0.25, 0.3) is 5.91 Å². The van der Waals surface area contributed by atoms with Crippen molar-refractivity contribution in [3.63, 3.8) is 0 Å². The Labute approximate surface area is 182 Å². The average molecular weight is 411 g/mol. The fourth-order valence-corrected chi connectivity index (χ4v) is 3.59. The van der Waals surface area contributed by atoms with Gasteiger partial charge < -0.3 is 20.5 Å². The average Bonchev–Trinajstić information content (AvgIpc) is 3.47. The molecule has 3 amide bonds. The highest BCUT2D eigenvalue weighted by molar-refractivity contribution is 6.32. The number of hydrogen-bond acceptors (Lipinski definition) is 3. The molecule has 7 nitrogen and oxygen atoms in total. The summed E-state index contributed by atoms with van der Waals surface area (Å²) >= 11 is 0. The van der Waals surface area contributed by atoms with Crippen LogP contribution >= 0.6 is 0 Å². The van der Waals surface area contributed by atoms with Gasteiger partial charge in [0.1, 0.15) is 25.8 Å². The molecular weight excluding hydrogens is 389 g/mol. The third-order valence-corrected chi connectivity index (χ3v) is 5.22. The minimum Gasteiger partial charge on any atom is -0.341 e. The first-order chi connectivity index (χ1) is 15.1. The molecule has 0 saturated carbocycles. The lowest BCUT2D eigenvalue weighted by Gasteiger charge is -2.28. The summed E-state index contributed by atoms with van der Waals surface area (Å²) in [5.74, 6) is 0.441. The van der Waals surface area contributed by atoms with Crippen LogP contribution in [0.1, 0.15) is 23.5 Å². The summed E-state index contributed by atoms with van der Waals surface area (Å²) in [6.07, 6.45) is 5.61. The van der Waals surface area contributed by atoms with E-state index in [9.17, 15) is 9.59 Å². The number of imidazole rings is 1. The van der Waals surface area contributed by atoms with Crippen LogP contribution in [-0.2, 0) is 4.79 Å². The number of benzene rings is 2. The van der Waals surface area contributed by atoms with Gasteiger partial charge in [0, 0.05) is 13.6 Å². The Kier molecular flexibility index (Phi) is 5.88. The fraction of sp³-hybridized carbons (Fsp3) is 0.174. The predicted octanol–water partition coefficient (Wildman–Crippen LogP) is 1.98. The Hall–Kier alpha value is -3.81. The lowest BCUT2D eigenvalue weighted by Crippen LogP contribution is -2.45. The fourth-order valence-electron chi connectivity index (χ4n) is 3.59. The summed E-state index contributed by atoms with van der Waals surface area (Å²) in [7, 11) is 7.29. The van der Waals surface area contributed by atoms with Gasteiger partial charge in [-0.05, 0) is 11.1 Å². The highest BCUT2D eigenvalue weighted by atomic mass is 16.2.